The average Bonchev–Trinajstić information content (AvgIpc) is 2.87. The number of nitrogens with zero attached hydrogens (tertiary/aromatic N) is 3. The molecule has 0 radical (unpaired) electrons. The van der Waals surface area contributed by atoms with E-state index in [0.717, 1.165) is 28.7 Å². The van der Waals surface area contributed by atoms with Crippen molar-refractivity contribution in [3.8, 4) is 0 Å². The molecule has 2 aromatic rings. The second-order valence-electron chi connectivity index (χ2n) is 4.61. The quantitative estimate of drug-likeness (QED) is 0.765. The summed E-state index contributed by atoms with van der Waals surface area (Å²) >= 11 is 1.53. The van der Waals surface area contributed by atoms with Gasteiger partial charge in [0.2, 0.25) is 5.91 Å². The van der Waals surface area contributed by atoms with Crippen LogP contribution in [0.4, 0.5) is 5.69 Å². The third-order valence-corrected chi connectivity index (χ3v) is 3.91. The van der Waals surface area contributed by atoms with Gasteiger partial charge in [-0.3, -0.25) is 4.79 Å². The van der Waals surface area contributed by atoms with Gasteiger partial charge in [0.05, 0.1) is 0 Å². The van der Waals surface area contributed by atoms with Crippen molar-refractivity contribution in [3.05, 3.63) is 30.6 Å². The molecular formula is C14H19N5OS. The van der Waals surface area contributed by atoms with Crippen LogP contribution < -0.4 is 10.6 Å². The van der Waals surface area contributed by atoms with Gasteiger partial charge in [-0.05, 0) is 56.0 Å². The van der Waals surface area contributed by atoms with E-state index in [1.54, 1.807) is 6.33 Å². The van der Waals surface area contributed by atoms with Gasteiger partial charge in [-0.25, -0.2) is 0 Å². The zero-order chi connectivity index (χ0) is 15.1. The number of amides is 1. The normalized spacial score (nSPS) is 10.6. The zero-order valence-electron chi connectivity index (χ0n) is 12.2. The third-order valence-electron chi connectivity index (χ3n) is 2.85. The lowest BCUT2D eigenvalue weighted by Crippen LogP contribution is -2.15. The Morgan fingerprint density at radius 3 is 2.71 bits per heavy atom. The molecule has 0 aliphatic carbocycles. The topological polar surface area (TPSA) is 71.8 Å². The molecule has 0 aliphatic rings. The minimum absolute atomic E-state index is 0.0407. The molecule has 1 aromatic carbocycles. The predicted octanol–water partition coefficient (Wildman–Crippen LogP) is 1.90. The third kappa shape index (κ3) is 4.87. The summed E-state index contributed by atoms with van der Waals surface area (Å²) in [6.45, 7) is 0.848. The lowest BCUT2D eigenvalue weighted by atomic mass is 10.2. The Morgan fingerprint density at radius 1 is 1.33 bits per heavy atom. The summed E-state index contributed by atoms with van der Waals surface area (Å²) in [5.41, 5.74) is 0.812. The van der Waals surface area contributed by atoms with Gasteiger partial charge >= 0.3 is 0 Å². The molecule has 2 rings (SSSR count). The highest BCUT2D eigenvalue weighted by Gasteiger charge is 2.05. The van der Waals surface area contributed by atoms with Gasteiger partial charge < -0.3 is 15.2 Å². The van der Waals surface area contributed by atoms with Crippen molar-refractivity contribution < 1.29 is 4.79 Å². The van der Waals surface area contributed by atoms with E-state index >= 15 is 0 Å². The molecule has 21 heavy (non-hydrogen) atoms. The highest BCUT2D eigenvalue weighted by molar-refractivity contribution is 7.99. The molecule has 0 bridgehead atoms. The van der Waals surface area contributed by atoms with Gasteiger partial charge in [0, 0.05) is 24.1 Å². The maximum Gasteiger partial charge on any atom is 0.224 e. The maximum absolute atomic E-state index is 11.7. The van der Waals surface area contributed by atoms with Crippen LogP contribution in [-0.4, -0.2) is 34.3 Å². The molecule has 7 heteroatoms. The predicted molar refractivity (Wildman–Crippen MR) is 83.4 cm³/mol. The van der Waals surface area contributed by atoms with Crippen LogP contribution in [0.1, 0.15) is 12.8 Å². The number of anilines is 1. The Balaban J connectivity index is 1.87. The van der Waals surface area contributed by atoms with Gasteiger partial charge in [-0.2, -0.15) is 0 Å². The number of benzene rings is 1. The van der Waals surface area contributed by atoms with Crippen molar-refractivity contribution in [2.75, 3.05) is 18.9 Å². The number of hydrogen-bond donors (Lipinski definition) is 2. The van der Waals surface area contributed by atoms with Gasteiger partial charge in [0.1, 0.15) is 6.33 Å². The van der Waals surface area contributed by atoms with Gasteiger partial charge in [0.25, 0.3) is 0 Å². The zero-order valence-corrected chi connectivity index (χ0v) is 13.0. The van der Waals surface area contributed by atoms with Crippen LogP contribution in [0, 0.1) is 0 Å². The Labute approximate surface area is 128 Å². The van der Waals surface area contributed by atoms with E-state index in [-0.39, 0.29) is 5.91 Å². The fraction of sp³-hybridized carbons (Fsp3) is 0.357. The Bertz CT molecular complexity index is 581. The summed E-state index contributed by atoms with van der Waals surface area (Å²) in [6, 6.07) is 7.72. The fourth-order valence-corrected chi connectivity index (χ4v) is 2.49. The number of carbonyl (C=O) groups is 1. The average molecular weight is 305 g/mol. The second-order valence-corrected chi connectivity index (χ2v) is 5.65. The molecule has 1 heterocycles. The van der Waals surface area contributed by atoms with Crippen molar-refractivity contribution in [2.45, 2.75) is 22.9 Å². The van der Waals surface area contributed by atoms with Crippen LogP contribution in [0.5, 0.6) is 0 Å². The summed E-state index contributed by atoms with van der Waals surface area (Å²) in [7, 11) is 3.79. The molecule has 0 unspecified atom stereocenters. The van der Waals surface area contributed by atoms with Crippen LogP contribution in [0.15, 0.2) is 40.6 Å². The number of aromatic nitrogens is 3. The molecule has 0 fully saturated rings. The number of nitrogens with one attached hydrogen (secondary N) is 2. The van der Waals surface area contributed by atoms with Gasteiger partial charge in [-0.15, -0.1) is 10.2 Å². The molecule has 1 aromatic heterocycles. The molecule has 2 N–H and O–H groups in total. The Hall–Kier alpha value is -1.86. The van der Waals surface area contributed by atoms with E-state index < -0.39 is 0 Å². The molecule has 1 amide bonds. The van der Waals surface area contributed by atoms with Crippen LogP contribution >= 0.6 is 11.8 Å². The summed E-state index contributed by atoms with van der Waals surface area (Å²) < 4.78 is 1.86. The summed E-state index contributed by atoms with van der Waals surface area (Å²) in [5, 5.41) is 14.6. The Kier molecular flexibility index (Phi) is 5.77. The first-order valence-corrected chi connectivity index (χ1v) is 7.57. The summed E-state index contributed by atoms with van der Waals surface area (Å²) in [4.78, 5) is 12.8. The lowest BCUT2D eigenvalue weighted by Gasteiger charge is -2.06. The first-order valence-electron chi connectivity index (χ1n) is 6.75. The van der Waals surface area contributed by atoms with Crippen molar-refractivity contribution in [1.29, 1.82) is 0 Å². The minimum atomic E-state index is 0.0407. The fourth-order valence-electron chi connectivity index (χ4n) is 1.73. The van der Waals surface area contributed by atoms with E-state index in [4.69, 9.17) is 0 Å². The highest BCUT2D eigenvalue weighted by atomic mass is 32.2. The smallest absolute Gasteiger partial charge is 0.224 e. The summed E-state index contributed by atoms with van der Waals surface area (Å²) in [6.07, 6.45) is 3.03. The summed E-state index contributed by atoms with van der Waals surface area (Å²) in [5.74, 6) is 0.0407. The van der Waals surface area contributed by atoms with Crippen molar-refractivity contribution in [3.63, 3.8) is 0 Å². The maximum atomic E-state index is 11.7. The highest BCUT2D eigenvalue weighted by Crippen LogP contribution is 2.26. The Morgan fingerprint density at radius 2 is 2.10 bits per heavy atom. The minimum Gasteiger partial charge on any atom is -0.326 e. The van der Waals surface area contributed by atoms with Crippen LogP contribution in [0.3, 0.4) is 0 Å². The lowest BCUT2D eigenvalue weighted by molar-refractivity contribution is -0.116. The molecule has 0 aliphatic heterocycles. The van der Waals surface area contributed by atoms with Gasteiger partial charge in [-0.1, -0.05) is 0 Å². The van der Waals surface area contributed by atoms with E-state index in [1.807, 2.05) is 42.9 Å². The van der Waals surface area contributed by atoms with E-state index in [2.05, 4.69) is 20.8 Å². The molecule has 0 spiro atoms. The van der Waals surface area contributed by atoms with Crippen molar-refractivity contribution in [2.24, 2.45) is 7.05 Å². The monoisotopic (exact) mass is 305 g/mol. The molecule has 6 nitrogen and oxygen atoms in total. The number of rotatable bonds is 7. The molecular weight excluding hydrogens is 286 g/mol. The van der Waals surface area contributed by atoms with Crippen molar-refractivity contribution >= 4 is 23.4 Å². The molecule has 0 saturated carbocycles. The molecule has 0 atom stereocenters. The standard InChI is InChI=1S/C14H19N5OS/c1-15-9-3-4-13(20)17-11-5-7-12(8-6-11)21-14-18-16-10-19(14)2/h5-8,10,15H,3-4,9H2,1-2H3,(H,17,20). The largest absolute Gasteiger partial charge is 0.326 e. The number of hydrogen-bond acceptors (Lipinski definition) is 5. The number of aryl methyl sites for hydroxylation is 1. The van der Waals surface area contributed by atoms with Crippen LogP contribution in [-0.2, 0) is 11.8 Å². The second kappa shape index (κ2) is 7.80. The molecule has 112 valence electrons. The van der Waals surface area contributed by atoms with E-state index in [1.165, 1.54) is 11.8 Å². The van der Waals surface area contributed by atoms with Crippen LogP contribution in [0.2, 0.25) is 0 Å². The van der Waals surface area contributed by atoms with Gasteiger partial charge in [0.15, 0.2) is 5.16 Å². The van der Waals surface area contributed by atoms with Crippen LogP contribution in [0.25, 0.3) is 0 Å². The SMILES string of the molecule is CNCCCC(=O)Nc1ccc(Sc2nncn2C)cc1. The van der Waals surface area contributed by atoms with Crippen molar-refractivity contribution in [1.82, 2.24) is 20.1 Å². The molecule has 0 saturated heterocycles. The van der Waals surface area contributed by atoms with E-state index in [9.17, 15) is 4.79 Å². The first-order chi connectivity index (χ1) is 10.2. The number of carbonyl (C=O) groups excluding carboxylic acids is 1. The first kappa shape index (κ1) is 15.5. The van der Waals surface area contributed by atoms with E-state index in [0.29, 0.717) is 6.42 Å².